The van der Waals surface area contributed by atoms with Gasteiger partial charge in [0.05, 0.1) is 15.2 Å². The Balaban J connectivity index is 1.70. The summed E-state index contributed by atoms with van der Waals surface area (Å²) in [5, 5.41) is 4.65. The molecule has 0 spiro atoms. The predicted molar refractivity (Wildman–Crippen MR) is 87.1 cm³/mol. The van der Waals surface area contributed by atoms with Gasteiger partial charge in [-0.25, -0.2) is 4.98 Å². The van der Waals surface area contributed by atoms with Gasteiger partial charge in [-0.3, -0.25) is 0 Å². The predicted octanol–water partition coefficient (Wildman–Crippen LogP) is 4.10. The summed E-state index contributed by atoms with van der Waals surface area (Å²) >= 11 is 5.28. The second-order valence-electron chi connectivity index (χ2n) is 5.10. The van der Waals surface area contributed by atoms with Crippen molar-refractivity contribution in [2.75, 3.05) is 6.79 Å². The number of aromatic nitrogens is 1. The fourth-order valence-corrected chi connectivity index (χ4v) is 3.99. The molecule has 0 fully saturated rings. The molecule has 1 aliphatic rings. The van der Waals surface area contributed by atoms with Crippen LogP contribution in [-0.4, -0.2) is 11.8 Å². The van der Waals surface area contributed by atoms with Crippen molar-refractivity contribution in [1.29, 1.82) is 0 Å². The van der Waals surface area contributed by atoms with Crippen molar-refractivity contribution in [2.45, 2.75) is 33.4 Å². The maximum Gasteiger partial charge on any atom is 0.231 e. The molecule has 3 rings (SSSR count). The number of thiazole rings is 1. The Hall–Kier alpha value is -1.11. The Kier molecular flexibility index (Phi) is 4.19. The highest BCUT2D eigenvalue weighted by atomic mass is 79.9. The molecule has 1 atom stereocenters. The van der Waals surface area contributed by atoms with Crippen LogP contribution in [0.3, 0.4) is 0 Å². The zero-order valence-electron chi connectivity index (χ0n) is 12.2. The number of benzene rings is 1. The minimum atomic E-state index is 0.278. The third kappa shape index (κ3) is 3.07. The first-order chi connectivity index (χ1) is 10.0. The summed E-state index contributed by atoms with van der Waals surface area (Å²) in [4.78, 5) is 5.78. The van der Waals surface area contributed by atoms with Crippen LogP contribution in [0.1, 0.15) is 34.1 Å². The third-order valence-corrected chi connectivity index (χ3v) is 5.28. The quantitative estimate of drug-likeness (QED) is 0.881. The van der Waals surface area contributed by atoms with Crippen LogP contribution < -0.4 is 14.8 Å². The number of hydrogen-bond acceptors (Lipinski definition) is 5. The Labute approximate surface area is 136 Å². The van der Waals surface area contributed by atoms with Gasteiger partial charge in [-0.2, -0.15) is 0 Å². The molecule has 21 heavy (non-hydrogen) atoms. The number of hydrogen-bond donors (Lipinski definition) is 1. The summed E-state index contributed by atoms with van der Waals surface area (Å²) in [7, 11) is 0. The maximum atomic E-state index is 5.45. The number of nitrogens with zero attached hydrogens (tertiary/aromatic N) is 1. The molecule has 1 aromatic heterocycles. The molecule has 4 nitrogen and oxygen atoms in total. The van der Waals surface area contributed by atoms with Gasteiger partial charge in [-0.05, 0) is 54.4 Å². The topological polar surface area (TPSA) is 43.4 Å². The molecule has 1 aromatic carbocycles. The van der Waals surface area contributed by atoms with Crippen molar-refractivity contribution in [2.24, 2.45) is 0 Å². The molecule has 0 radical (unpaired) electrons. The maximum absolute atomic E-state index is 5.45. The molecular weight excluding hydrogens is 352 g/mol. The molecule has 1 aliphatic heterocycles. The summed E-state index contributed by atoms with van der Waals surface area (Å²) in [5.74, 6) is 1.60. The first-order valence-corrected chi connectivity index (χ1v) is 8.41. The number of ether oxygens (including phenoxy) is 2. The van der Waals surface area contributed by atoms with E-state index in [2.05, 4.69) is 46.1 Å². The van der Waals surface area contributed by atoms with Crippen LogP contribution in [0.2, 0.25) is 0 Å². The summed E-state index contributed by atoms with van der Waals surface area (Å²) in [6.07, 6.45) is 0. The standard InChI is InChI=1S/C15H17BrN2O2S/c1-8(15-9(2)18-10(3)21-15)17-6-11-4-12(16)14-13(5-11)19-7-20-14/h4-5,8,17H,6-7H2,1-3H3. The average molecular weight is 369 g/mol. The van der Waals surface area contributed by atoms with Gasteiger partial charge in [0.1, 0.15) is 0 Å². The van der Waals surface area contributed by atoms with Crippen molar-refractivity contribution < 1.29 is 9.47 Å². The molecule has 1 unspecified atom stereocenters. The normalized spacial score (nSPS) is 14.5. The van der Waals surface area contributed by atoms with Crippen molar-refractivity contribution >= 4 is 27.3 Å². The van der Waals surface area contributed by atoms with E-state index in [1.165, 1.54) is 4.88 Å². The fourth-order valence-electron chi connectivity index (χ4n) is 2.44. The van der Waals surface area contributed by atoms with Gasteiger partial charge in [-0.15, -0.1) is 11.3 Å². The summed E-state index contributed by atoms with van der Waals surface area (Å²) < 4.78 is 11.8. The van der Waals surface area contributed by atoms with Gasteiger partial charge in [-0.1, -0.05) is 0 Å². The van der Waals surface area contributed by atoms with Gasteiger partial charge in [0.25, 0.3) is 0 Å². The number of nitrogens with one attached hydrogen (secondary N) is 1. The van der Waals surface area contributed by atoms with Crippen LogP contribution in [0.25, 0.3) is 0 Å². The van der Waals surface area contributed by atoms with Crippen LogP contribution in [0.15, 0.2) is 16.6 Å². The highest BCUT2D eigenvalue weighted by Gasteiger charge is 2.18. The Morgan fingerprint density at radius 3 is 2.90 bits per heavy atom. The van der Waals surface area contributed by atoms with E-state index in [-0.39, 0.29) is 6.04 Å². The molecule has 6 heteroatoms. The van der Waals surface area contributed by atoms with E-state index in [9.17, 15) is 0 Å². The lowest BCUT2D eigenvalue weighted by atomic mass is 10.1. The highest BCUT2D eigenvalue weighted by molar-refractivity contribution is 9.10. The Bertz CT molecular complexity index is 672. The monoisotopic (exact) mass is 368 g/mol. The van der Waals surface area contributed by atoms with E-state index >= 15 is 0 Å². The Morgan fingerprint density at radius 1 is 1.38 bits per heavy atom. The molecule has 2 aromatic rings. The molecule has 0 amide bonds. The van der Waals surface area contributed by atoms with E-state index < -0.39 is 0 Å². The first-order valence-electron chi connectivity index (χ1n) is 6.80. The molecule has 0 saturated carbocycles. The number of halogens is 1. The molecular formula is C15H17BrN2O2S. The molecule has 112 valence electrons. The molecule has 0 bridgehead atoms. The van der Waals surface area contributed by atoms with Gasteiger partial charge in [0.2, 0.25) is 6.79 Å². The lowest BCUT2D eigenvalue weighted by Gasteiger charge is -2.13. The zero-order chi connectivity index (χ0) is 15.0. The number of fused-ring (bicyclic) bond motifs is 1. The summed E-state index contributed by atoms with van der Waals surface area (Å²) in [6.45, 7) is 7.34. The van der Waals surface area contributed by atoms with Crippen LogP contribution in [0, 0.1) is 13.8 Å². The second-order valence-corrected chi connectivity index (χ2v) is 7.19. The minimum Gasteiger partial charge on any atom is -0.454 e. The molecule has 0 aliphatic carbocycles. The summed E-state index contributed by atoms with van der Waals surface area (Å²) in [5.41, 5.74) is 2.28. The molecule has 0 saturated heterocycles. The smallest absolute Gasteiger partial charge is 0.231 e. The average Bonchev–Trinajstić information content (AvgIpc) is 3.02. The van der Waals surface area contributed by atoms with E-state index in [1.54, 1.807) is 11.3 Å². The van der Waals surface area contributed by atoms with Crippen molar-refractivity contribution in [3.8, 4) is 11.5 Å². The largest absolute Gasteiger partial charge is 0.454 e. The highest BCUT2D eigenvalue weighted by Crippen LogP contribution is 2.40. The van der Waals surface area contributed by atoms with Gasteiger partial charge >= 0.3 is 0 Å². The zero-order valence-corrected chi connectivity index (χ0v) is 14.6. The van der Waals surface area contributed by atoms with Crippen molar-refractivity contribution in [3.05, 3.63) is 37.7 Å². The molecule has 1 N–H and O–H groups in total. The minimum absolute atomic E-state index is 0.278. The fraction of sp³-hybridized carbons (Fsp3) is 0.400. The van der Waals surface area contributed by atoms with Crippen molar-refractivity contribution in [3.63, 3.8) is 0 Å². The second kappa shape index (κ2) is 5.94. The van der Waals surface area contributed by atoms with Gasteiger partial charge in [0.15, 0.2) is 11.5 Å². The van der Waals surface area contributed by atoms with Crippen LogP contribution >= 0.6 is 27.3 Å². The van der Waals surface area contributed by atoms with Crippen molar-refractivity contribution in [1.82, 2.24) is 10.3 Å². The summed E-state index contributed by atoms with van der Waals surface area (Å²) in [6, 6.07) is 4.37. The van der Waals surface area contributed by atoms with E-state index in [4.69, 9.17) is 9.47 Å². The number of aryl methyl sites for hydroxylation is 2. The van der Waals surface area contributed by atoms with Gasteiger partial charge < -0.3 is 14.8 Å². The lowest BCUT2D eigenvalue weighted by Crippen LogP contribution is -2.17. The van der Waals surface area contributed by atoms with E-state index in [1.807, 2.05) is 13.0 Å². The van der Waals surface area contributed by atoms with E-state index in [0.29, 0.717) is 6.79 Å². The first kappa shape index (κ1) is 14.8. The lowest BCUT2D eigenvalue weighted by molar-refractivity contribution is 0.173. The SMILES string of the molecule is Cc1nc(C)c(C(C)NCc2cc(Br)c3c(c2)OCO3)s1. The van der Waals surface area contributed by atoms with Crippen LogP contribution in [0.5, 0.6) is 11.5 Å². The third-order valence-electron chi connectivity index (χ3n) is 3.43. The number of rotatable bonds is 4. The van der Waals surface area contributed by atoms with Crippen LogP contribution in [0.4, 0.5) is 0 Å². The van der Waals surface area contributed by atoms with Crippen LogP contribution in [-0.2, 0) is 6.54 Å². The molecule has 2 heterocycles. The Morgan fingerprint density at radius 2 is 2.19 bits per heavy atom. The van der Waals surface area contributed by atoms with Gasteiger partial charge in [0, 0.05) is 17.5 Å². The van der Waals surface area contributed by atoms with E-state index in [0.717, 1.165) is 38.8 Å².